The zero-order valence-electron chi connectivity index (χ0n) is 16.6. The van der Waals surface area contributed by atoms with Crippen molar-refractivity contribution < 1.29 is 14.7 Å². The van der Waals surface area contributed by atoms with E-state index in [1.807, 2.05) is 13.2 Å². The van der Waals surface area contributed by atoms with Crippen LogP contribution in [-0.4, -0.2) is 66.6 Å². The van der Waals surface area contributed by atoms with E-state index < -0.39 is 6.09 Å². The van der Waals surface area contributed by atoms with E-state index in [1.54, 1.807) is 0 Å². The number of aldehydes is 1. The lowest BCUT2D eigenvalue weighted by Crippen LogP contribution is -2.49. The highest BCUT2D eigenvalue weighted by Crippen LogP contribution is 2.25. The van der Waals surface area contributed by atoms with Crippen molar-refractivity contribution in [3.05, 3.63) is 23.9 Å². The largest absolute Gasteiger partial charge is 0.465 e. The van der Waals surface area contributed by atoms with Crippen LogP contribution in [0, 0.1) is 11.8 Å². The van der Waals surface area contributed by atoms with Crippen LogP contribution in [0.25, 0.3) is 0 Å². The molecule has 0 aromatic carbocycles. The number of nitrogens with zero attached hydrogens (tertiary/aromatic N) is 3. The Morgan fingerprint density at radius 2 is 2.11 bits per heavy atom. The average molecular weight is 377 g/mol. The van der Waals surface area contributed by atoms with Crippen molar-refractivity contribution in [1.82, 2.24) is 15.2 Å². The van der Waals surface area contributed by atoms with Gasteiger partial charge in [-0.15, -0.1) is 0 Å². The monoisotopic (exact) mass is 376 g/mol. The van der Waals surface area contributed by atoms with Gasteiger partial charge in [-0.3, -0.25) is 4.90 Å². The molecule has 0 aliphatic carbocycles. The van der Waals surface area contributed by atoms with E-state index >= 15 is 0 Å². The summed E-state index contributed by atoms with van der Waals surface area (Å²) in [6, 6.07) is 4.31. The van der Waals surface area contributed by atoms with Gasteiger partial charge in [0.05, 0.1) is 6.54 Å². The van der Waals surface area contributed by atoms with Crippen molar-refractivity contribution in [2.45, 2.75) is 39.2 Å². The van der Waals surface area contributed by atoms with E-state index in [-0.39, 0.29) is 12.6 Å². The summed E-state index contributed by atoms with van der Waals surface area (Å²) < 4.78 is 0. The van der Waals surface area contributed by atoms with E-state index in [1.165, 1.54) is 10.5 Å². The second-order valence-electron chi connectivity index (χ2n) is 7.70. The Kier molecular flexibility index (Phi) is 8.03. The molecule has 1 aromatic rings. The molecule has 7 nitrogen and oxygen atoms in total. The zero-order chi connectivity index (χ0) is 19.8. The molecule has 27 heavy (non-hydrogen) atoms. The third-order valence-corrected chi connectivity index (χ3v) is 5.24. The van der Waals surface area contributed by atoms with Crippen LogP contribution in [0.5, 0.6) is 0 Å². The number of hydrogen-bond acceptors (Lipinski definition) is 5. The molecule has 1 atom stereocenters. The molecule has 1 aliphatic heterocycles. The van der Waals surface area contributed by atoms with Crippen molar-refractivity contribution in [1.29, 1.82) is 0 Å². The smallest absolute Gasteiger partial charge is 0.407 e. The number of pyridine rings is 1. The van der Waals surface area contributed by atoms with E-state index in [4.69, 9.17) is 0 Å². The Hall–Kier alpha value is -2.15. The normalized spacial score (nSPS) is 16.4. The molecule has 2 heterocycles. The molecular weight excluding hydrogens is 344 g/mol. The maximum Gasteiger partial charge on any atom is 0.407 e. The van der Waals surface area contributed by atoms with Crippen molar-refractivity contribution in [2.24, 2.45) is 11.8 Å². The van der Waals surface area contributed by atoms with Crippen LogP contribution in [0.15, 0.2) is 18.3 Å². The Morgan fingerprint density at radius 1 is 1.41 bits per heavy atom. The summed E-state index contributed by atoms with van der Waals surface area (Å²) in [5.41, 5.74) is 1.27. The van der Waals surface area contributed by atoms with Crippen LogP contribution in [0.1, 0.15) is 32.3 Å². The number of likely N-dealkylation sites (N-methyl/N-ethyl adjacent to an activating group) is 1. The van der Waals surface area contributed by atoms with Gasteiger partial charge in [-0.05, 0) is 49.8 Å². The molecule has 2 N–H and O–H groups in total. The summed E-state index contributed by atoms with van der Waals surface area (Å²) in [6.07, 6.45) is 4.54. The molecule has 1 fully saturated rings. The first kappa shape index (κ1) is 21.2. The lowest BCUT2D eigenvalue weighted by molar-refractivity contribution is -0.108. The van der Waals surface area contributed by atoms with Gasteiger partial charge in [0.25, 0.3) is 0 Å². The third kappa shape index (κ3) is 6.20. The molecule has 1 aliphatic rings. The molecule has 0 saturated carbocycles. The predicted octanol–water partition coefficient (Wildman–Crippen LogP) is 2.26. The number of carbonyl (C=O) groups excluding carboxylic acids is 1. The molecule has 150 valence electrons. The highest BCUT2D eigenvalue weighted by atomic mass is 16.4. The number of aromatic nitrogens is 1. The number of rotatable bonds is 9. The van der Waals surface area contributed by atoms with Gasteiger partial charge >= 0.3 is 6.09 Å². The number of anilines is 1. The number of carbonyl (C=O) groups is 2. The Morgan fingerprint density at radius 3 is 2.59 bits per heavy atom. The van der Waals surface area contributed by atoms with Crippen LogP contribution in [0.3, 0.4) is 0 Å². The Balaban J connectivity index is 1.90. The highest BCUT2D eigenvalue weighted by molar-refractivity contribution is 5.69. The molecule has 0 spiro atoms. The molecule has 2 rings (SSSR count). The first-order chi connectivity index (χ1) is 12.9. The van der Waals surface area contributed by atoms with Crippen LogP contribution >= 0.6 is 0 Å². The molecule has 1 saturated heterocycles. The fraction of sp³-hybridized carbons (Fsp3) is 0.650. The lowest BCUT2D eigenvalue weighted by Gasteiger charge is -2.37. The van der Waals surface area contributed by atoms with Gasteiger partial charge in [-0.25, -0.2) is 9.78 Å². The molecule has 0 bridgehead atoms. The summed E-state index contributed by atoms with van der Waals surface area (Å²) in [4.78, 5) is 30.1. The molecular formula is C20H32N4O3. The van der Waals surface area contributed by atoms with E-state index in [9.17, 15) is 14.7 Å². The van der Waals surface area contributed by atoms with Gasteiger partial charge in [-0.1, -0.05) is 19.9 Å². The van der Waals surface area contributed by atoms with Crippen molar-refractivity contribution in [2.75, 3.05) is 38.1 Å². The zero-order valence-corrected chi connectivity index (χ0v) is 16.6. The standard InChI is InChI=1S/C20H32N4O3/c1-15(2)12-16-4-5-19(22-13-16)23-8-6-17(7-9-23)18(21-3)14-24(10-11-25)20(26)27/h4-5,11,13,15,17-18,21H,6-10,12,14H2,1-3H3,(H,26,27). The molecule has 1 aromatic heterocycles. The minimum atomic E-state index is -1.05. The van der Waals surface area contributed by atoms with Gasteiger partial charge in [0.15, 0.2) is 0 Å². The van der Waals surface area contributed by atoms with Crippen LogP contribution in [0.2, 0.25) is 0 Å². The Labute approximate surface area is 161 Å². The van der Waals surface area contributed by atoms with E-state index in [2.05, 4.69) is 41.2 Å². The summed E-state index contributed by atoms with van der Waals surface area (Å²) in [6.45, 7) is 6.46. The van der Waals surface area contributed by atoms with Gasteiger partial charge in [0.2, 0.25) is 0 Å². The van der Waals surface area contributed by atoms with Crippen LogP contribution in [0.4, 0.5) is 10.6 Å². The molecule has 1 amide bonds. The highest BCUT2D eigenvalue weighted by Gasteiger charge is 2.28. The number of nitrogens with one attached hydrogen (secondary N) is 1. The van der Waals surface area contributed by atoms with Crippen molar-refractivity contribution in [3.63, 3.8) is 0 Å². The SMILES string of the molecule is CNC(CN(CC=O)C(=O)O)C1CCN(c2ccc(CC(C)C)cn2)CC1. The van der Waals surface area contributed by atoms with Gasteiger partial charge in [0.1, 0.15) is 12.1 Å². The third-order valence-electron chi connectivity index (χ3n) is 5.24. The van der Waals surface area contributed by atoms with Crippen molar-refractivity contribution in [3.8, 4) is 0 Å². The number of carboxylic acid groups (broad SMARTS) is 1. The molecule has 7 heteroatoms. The minimum absolute atomic E-state index is 0.0459. The van der Waals surface area contributed by atoms with E-state index in [0.717, 1.165) is 38.2 Å². The second-order valence-corrected chi connectivity index (χ2v) is 7.70. The van der Waals surface area contributed by atoms with Crippen molar-refractivity contribution >= 4 is 18.2 Å². The van der Waals surface area contributed by atoms with E-state index in [0.29, 0.717) is 24.7 Å². The predicted molar refractivity (Wildman–Crippen MR) is 106 cm³/mol. The summed E-state index contributed by atoms with van der Waals surface area (Å²) >= 11 is 0. The summed E-state index contributed by atoms with van der Waals surface area (Å²) in [5, 5.41) is 12.5. The fourth-order valence-electron chi connectivity index (χ4n) is 3.76. The number of amides is 1. The lowest BCUT2D eigenvalue weighted by atomic mass is 9.89. The maximum absolute atomic E-state index is 11.3. The first-order valence-corrected chi connectivity index (χ1v) is 9.73. The summed E-state index contributed by atoms with van der Waals surface area (Å²) in [5.74, 6) is 2.01. The summed E-state index contributed by atoms with van der Waals surface area (Å²) in [7, 11) is 1.85. The first-order valence-electron chi connectivity index (χ1n) is 9.73. The van der Waals surface area contributed by atoms with Gasteiger partial charge in [-0.2, -0.15) is 0 Å². The van der Waals surface area contributed by atoms with Gasteiger partial charge in [0, 0.05) is 31.9 Å². The fourth-order valence-corrected chi connectivity index (χ4v) is 3.76. The average Bonchev–Trinajstić information content (AvgIpc) is 2.65. The minimum Gasteiger partial charge on any atom is -0.465 e. The topological polar surface area (TPSA) is 85.8 Å². The second kappa shape index (κ2) is 10.3. The molecule has 1 unspecified atom stereocenters. The van der Waals surface area contributed by atoms with Gasteiger partial charge < -0.3 is 20.1 Å². The molecule has 0 radical (unpaired) electrons. The Bertz CT molecular complexity index is 598. The quantitative estimate of drug-likeness (QED) is 0.643. The van der Waals surface area contributed by atoms with Crippen LogP contribution in [-0.2, 0) is 11.2 Å². The number of hydrogen-bond donors (Lipinski definition) is 2. The maximum atomic E-state index is 11.3. The van der Waals surface area contributed by atoms with Crippen LogP contribution < -0.4 is 10.2 Å². The number of piperidine rings is 1.